The molecule has 0 aromatic heterocycles. The maximum atomic E-state index is 12.4. The molecule has 0 unspecified atom stereocenters. The van der Waals surface area contributed by atoms with E-state index in [1.54, 1.807) is 0 Å². The van der Waals surface area contributed by atoms with Gasteiger partial charge in [-0.05, 0) is 0 Å². The van der Waals surface area contributed by atoms with Crippen molar-refractivity contribution in [3.8, 4) is 0 Å². The first-order valence-corrected chi connectivity index (χ1v) is 20.8. The van der Waals surface area contributed by atoms with Gasteiger partial charge >= 0.3 is 288 Å². The normalized spacial score (nSPS) is 29.7. The van der Waals surface area contributed by atoms with Gasteiger partial charge in [-0.15, -0.1) is 0 Å². The molecule has 0 saturated carbocycles. The Bertz CT molecular complexity index is 1140. The van der Waals surface area contributed by atoms with Crippen LogP contribution in [0.3, 0.4) is 0 Å². The Morgan fingerprint density at radius 1 is 0.479 bits per heavy atom. The van der Waals surface area contributed by atoms with Crippen LogP contribution in [0, 0.1) is 0 Å². The van der Waals surface area contributed by atoms with Crippen molar-refractivity contribution in [2.75, 3.05) is 13.2 Å². The van der Waals surface area contributed by atoms with Crippen LogP contribution >= 0.6 is 0 Å². The Morgan fingerprint density at radius 2 is 0.771 bits per heavy atom. The fourth-order valence-electron chi connectivity index (χ4n) is 4.86. The standard InChI is InChI=1S/C28H40N2O16Se2/c1-11(31)29-21-25(43-17(7)37)23(41-15(5)35)19(9-39-13(3)33)45-27(21)47-48-28-22(30-12(2)32)26(44-18(8)38)24(42-16(6)36)20(46-28)10-40-14(4)34/h19-28H,9-10H2,1-8H3,(H,29,31)(H,30,32)/t19-,20-,21-,22-,23-,24-,25-,26-,27-,28-/m1/s1. The summed E-state index contributed by atoms with van der Waals surface area (Å²) in [6.07, 6.45) is -7.38. The number of carbonyl (C=O) groups is 8. The minimum absolute atomic E-state index is 0.394. The molecule has 0 aromatic rings. The molecule has 2 amide bonds. The molecule has 2 aliphatic heterocycles. The van der Waals surface area contributed by atoms with E-state index in [0.717, 1.165) is 41.5 Å². The van der Waals surface area contributed by atoms with E-state index in [2.05, 4.69) is 10.6 Å². The van der Waals surface area contributed by atoms with Gasteiger partial charge in [0.25, 0.3) is 0 Å². The second-order valence-electron chi connectivity index (χ2n) is 10.6. The minimum atomic E-state index is -1.29. The third kappa shape index (κ3) is 13.0. The number of hydrogen-bond acceptors (Lipinski definition) is 16. The van der Waals surface area contributed by atoms with Crippen LogP contribution in [0.1, 0.15) is 55.4 Å². The van der Waals surface area contributed by atoms with Crippen molar-refractivity contribution < 1.29 is 76.3 Å². The third-order valence-corrected chi connectivity index (χ3v) is 14.5. The summed E-state index contributed by atoms with van der Waals surface area (Å²) in [5, 5.41) is 3.55. The van der Waals surface area contributed by atoms with Gasteiger partial charge in [-0.3, -0.25) is 0 Å². The number of rotatable bonds is 13. The van der Waals surface area contributed by atoms with Gasteiger partial charge in [-0.1, -0.05) is 0 Å². The first-order valence-electron chi connectivity index (χ1n) is 14.5. The topological polar surface area (TPSA) is 234 Å². The Morgan fingerprint density at radius 3 is 1.02 bits per heavy atom. The van der Waals surface area contributed by atoms with E-state index in [1.807, 2.05) is 0 Å². The quantitative estimate of drug-likeness (QED) is 0.112. The maximum absolute atomic E-state index is 12.4. The number of amides is 2. The molecule has 18 nitrogen and oxygen atoms in total. The summed E-state index contributed by atoms with van der Waals surface area (Å²) in [4.78, 5) is 96.6. The van der Waals surface area contributed by atoms with Gasteiger partial charge in [-0.2, -0.15) is 0 Å². The molecule has 0 aliphatic carbocycles. The van der Waals surface area contributed by atoms with Gasteiger partial charge < -0.3 is 0 Å². The van der Waals surface area contributed by atoms with Crippen LogP contribution in [-0.4, -0.2) is 146 Å². The van der Waals surface area contributed by atoms with Crippen LogP contribution in [0.5, 0.6) is 0 Å². The number of nitrogens with one attached hydrogen (secondary N) is 2. The van der Waals surface area contributed by atoms with Gasteiger partial charge in [-0.25, -0.2) is 0 Å². The van der Waals surface area contributed by atoms with Gasteiger partial charge in [0.05, 0.1) is 0 Å². The first-order chi connectivity index (χ1) is 22.4. The Hall–Kier alpha value is -3.28. The van der Waals surface area contributed by atoms with Crippen LogP contribution in [0.15, 0.2) is 0 Å². The van der Waals surface area contributed by atoms with Crippen LogP contribution < -0.4 is 10.6 Å². The van der Waals surface area contributed by atoms with Crippen LogP contribution in [0.2, 0.25) is 0 Å². The molecule has 0 bridgehead atoms. The molecule has 2 N–H and O–H groups in total. The second-order valence-corrected chi connectivity index (χ2v) is 17.6. The molecule has 2 rings (SSSR count). The molecule has 0 spiro atoms. The number of ether oxygens (including phenoxy) is 8. The van der Waals surface area contributed by atoms with Crippen molar-refractivity contribution in [2.45, 2.75) is 114 Å². The zero-order valence-corrected chi connectivity index (χ0v) is 31.0. The van der Waals surface area contributed by atoms with Crippen molar-refractivity contribution in [3.63, 3.8) is 0 Å². The predicted molar refractivity (Wildman–Crippen MR) is 160 cm³/mol. The average molecular weight is 819 g/mol. The first kappa shape index (κ1) is 40.9. The van der Waals surface area contributed by atoms with Crippen molar-refractivity contribution >= 4 is 73.9 Å². The van der Waals surface area contributed by atoms with Crippen molar-refractivity contribution in [2.24, 2.45) is 0 Å². The Labute approximate surface area is 287 Å². The van der Waals surface area contributed by atoms with Gasteiger partial charge in [0.1, 0.15) is 0 Å². The molecule has 2 heterocycles. The molecule has 270 valence electrons. The van der Waals surface area contributed by atoms with E-state index in [-0.39, 0.29) is 0 Å². The van der Waals surface area contributed by atoms with E-state index in [1.165, 1.54) is 13.8 Å². The molecule has 48 heavy (non-hydrogen) atoms. The Balaban J connectivity index is 2.57. The summed E-state index contributed by atoms with van der Waals surface area (Å²) < 4.78 is 44.8. The summed E-state index contributed by atoms with van der Waals surface area (Å²) in [5.41, 5.74) is 0. The summed E-state index contributed by atoms with van der Waals surface area (Å²) in [6.45, 7) is 8.48. The van der Waals surface area contributed by atoms with Crippen molar-refractivity contribution in [1.29, 1.82) is 0 Å². The van der Waals surface area contributed by atoms with Crippen LogP contribution in [-0.2, 0) is 76.3 Å². The summed E-state index contributed by atoms with van der Waals surface area (Å²) in [6, 6.07) is -2.13. The Kier molecular flexibility index (Phi) is 16.2. The molecular formula is C28H40N2O16Se2. The van der Waals surface area contributed by atoms with Crippen LogP contribution in [0.4, 0.5) is 0 Å². The monoisotopic (exact) mass is 820 g/mol. The molecular weight excluding hydrogens is 778 g/mol. The zero-order chi connectivity index (χ0) is 36.3. The molecule has 20 heteroatoms. The van der Waals surface area contributed by atoms with E-state index >= 15 is 0 Å². The third-order valence-electron chi connectivity index (χ3n) is 6.39. The average Bonchev–Trinajstić information content (AvgIpc) is 2.93. The van der Waals surface area contributed by atoms with E-state index in [9.17, 15) is 38.4 Å². The van der Waals surface area contributed by atoms with E-state index in [0.29, 0.717) is 0 Å². The van der Waals surface area contributed by atoms with Crippen molar-refractivity contribution in [1.82, 2.24) is 10.6 Å². The van der Waals surface area contributed by atoms with E-state index in [4.69, 9.17) is 37.9 Å². The number of hydrogen-bond donors (Lipinski definition) is 2. The van der Waals surface area contributed by atoms with Gasteiger partial charge in [0.2, 0.25) is 0 Å². The van der Waals surface area contributed by atoms with E-state index < -0.39 is 146 Å². The predicted octanol–water partition coefficient (Wildman–Crippen LogP) is -2.38. The fraction of sp³-hybridized carbons (Fsp3) is 0.714. The molecule has 2 saturated heterocycles. The zero-order valence-electron chi connectivity index (χ0n) is 27.5. The number of carbonyl (C=O) groups excluding carboxylic acids is 8. The SMILES string of the molecule is CC(=O)N[C@@H]1[C@@H](OC(C)=O)[C@H](OC(C)=O)[C@@H](COC(C)=O)O[C@@H]1[Se][Se][C@H]1O[C@H](COC(C)=O)[C@@H](OC(C)=O)[C@H](OC(C)=O)[C@H]1NC(C)=O. The summed E-state index contributed by atoms with van der Waals surface area (Å²) >= 11 is -1.42. The molecule has 10 atom stereocenters. The second kappa shape index (κ2) is 19.0. The summed E-state index contributed by atoms with van der Waals surface area (Å²) in [7, 11) is 0. The van der Waals surface area contributed by atoms with Gasteiger partial charge in [0, 0.05) is 0 Å². The summed E-state index contributed by atoms with van der Waals surface area (Å²) in [5.74, 6) is -5.40. The van der Waals surface area contributed by atoms with Gasteiger partial charge in [0.15, 0.2) is 0 Å². The molecule has 0 aromatic carbocycles. The fourth-order valence-corrected chi connectivity index (χ4v) is 13.5. The molecule has 2 fully saturated rings. The number of esters is 6. The molecule has 2 aliphatic rings. The molecule has 0 radical (unpaired) electrons. The van der Waals surface area contributed by atoms with Crippen molar-refractivity contribution in [3.05, 3.63) is 0 Å². The van der Waals surface area contributed by atoms with Crippen LogP contribution in [0.25, 0.3) is 0 Å².